The van der Waals surface area contributed by atoms with E-state index in [2.05, 4.69) is 20.4 Å². The van der Waals surface area contributed by atoms with Crippen LogP contribution in [0.3, 0.4) is 0 Å². The molecule has 0 aliphatic carbocycles. The summed E-state index contributed by atoms with van der Waals surface area (Å²) in [6.45, 7) is 0. The zero-order chi connectivity index (χ0) is 13.7. The summed E-state index contributed by atoms with van der Waals surface area (Å²) in [5.74, 6) is -3.12. The van der Waals surface area contributed by atoms with Crippen LogP contribution in [0.25, 0.3) is 0 Å². The van der Waals surface area contributed by atoms with E-state index in [0.717, 1.165) is 12.4 Å². The van der Waals surface area contributed by atoms with Gasteiger partial charge in [0.15, 0.2) is 22.9 Å². The van der Waals surface area contributed by atoms with Gasteiger partial charge in [0, 0.05) is 17.1 Å². The molecule has 2 heterocycles. The topological polar surface area (TPSA) is 172 Å². The fourth-order valence-corrected chi connectivity index (χ4v) is 0.874. The van der Waals surface area contributed by atoms with Crippen LogP contribution in [0.4, 0.5) is 0 Å². The molecule has 0 bridgehead atoms. The Morgan fingerprint density at radius 1 is 0.895 bits per heavy atom. The van der Waals surface area contributed by atoms with Crippen LogP contribution in [0.2, 0.25) is 0 Å². The number of aromatic nitrogens is 4. The first-order chi connectivity index (χ1) is 8.43. The summed E-state index contributed by atoms with van der Waals surface area (Å²) >= 11 is 0. The molecule has 0 amide bonds. The third-order valence-electron chi connectivity index (χ3n) is 1.67. The number of H-pyrrole nitrogens is 2. The Balaban J connectivity index is 0.000000324. The molecule has 0 saturated heterocycles. The van der Waals surface area contributed by atoms with Gasteiger partial charge in [0.2, 0.25) is 0 Å². The maximum Gasteiger partial charge on any atom is 0.357 e. The molecule has 0 aliphatic heterocycles. The van der Waals surface area contributed by atoms with Gasteiger partial charge in [-0.05, 0) is 0 Å². The number of hydrogen-bond acceptors (Lipinski definition) is 6. The number of carboxylic acids is 2. The van der Waals surface area contributed by atoms with Gasteiger partial charge in [-0.15, -0.1) is 0 Å². The molecule has 2 aromatic heterocycles. The van der Waals surface area contributed by atoms with Gasteiger partial charge >= 0.3 is 11.9 Å². The molecule has 2 aromatic rings. The standard InChI is InChI=1S/2C4H4N2O3.Mn/c2*7-2-1-5-6-3(2)4(8)9;/h2*1,7H,(H,5,6)(H,8,9);. The Kier molecular flexibility index (Phi) is 6.10. The van der Waals surface area contributed by atoms with Crippen molar-refractivity contribution in [3.63, 3.8) is 0 Å². The quantitative estimate of drug-likeness (QED) is 0.407. The minimum Gasteiger partial charge on any atom is -0.504 e. The van der Waals surface area contributed by atoms with Crippen LogP contribution in [0.15, 0.2) is 12.4 Å². The number of hydrogen-bond donors (Lipinski definition) is 6. The van der Waals surface area contributed by atoms with Gasteiger partial charge in [-0.1, -0.05) is 0 Å². The molecule has 103 valence electrons. The number of aromatic hydroxyl groups is 2. The first kappa shape index (κ1) is 16.5. The van der Waals surface area contributed by atoms with Crippen molar-refractivity contribution in [3.8, 4) is 11.5 Å². The average Bonchev–Trinajstić information content (AvgIpc) is 2.87. The molecular formula is C8H8MnN4O6. The van der Waals surface area contributed by atoms with Gasteiger partial charge in [-0.3, -0.25) is 10.2 Å². The number of nitrogens with one attached hydrogen (secondary N) is 2. The second-order valence-corrected chi connectivity index (χ2v) is 2.87. The monoisotopic (exact) mass is 311 g/mol. The van der Waals surface area contributed by atoms with E-state index in [9.17, 15) is 9.59 Å². The maximum atomic E-state index is 10.1. The minimum absolute atomic E-state index is 0. The van der Waals surface area contributed by atoms with E-state index in [4.69, 9.17) is 20.4 Å². The minimum atomic E-state index is -1.22. The summed E-state index contributed by atoms with van der Waals surface area (Å²) in [4.78, 5) is 20.1. The predicted octanol–water partition coefficient (Wildman–Crippen LogP) is -0.376. The Labute approximate surface area is 115 Å². The average molecular weight is 311 g/mol. The molecule has 11 heteroatoms. The Hall–Kier alpha value is -2.52. The molecule has 0 unspecified atom stereocenters. The van der Waals surface area contributed by atoms with E-state index >= 15 is 0 Å². The third kappa shape index (κ3) is 4.33. The van der Waals surface area contributed by atoms with Crippen LogP contribution >= 0.6 is 0 Å². The summed E-state index contributed by atoms with van der Waals surface area (Å²) in [5, 5.41) is 44.5. The van der Waals surface area contributed by atoms with Crippen molar-refractivity contribution in [2.75, 3.05) is 0 Å². The van der Waals surface area contributed by atoms with Crippen molar-refractivity contribution < 1.29 is 47.1 Å². The van der Waals surface area contributed by atoms with Gasteiger partial charge in [0.05, 0.1) is 12.4 Å². The molecule has 0 aromatic carbocycles. The van der Waals surface area contributed by atoms with Gasteiger partial charge in [0.1, 0.15) is 0 Å². The zero-order valence-corrected chi connectivity index (χ0v) is 10.2. The first-order valence-corrected chi connectivity index (χ1v) is 4.34. The Bertz CT molecular complexity index is 515. The van der Waals surface area contributed by atoms with Crippen LogP contribution in [-0.2, 0) is 17.1 Å². The van der Waals surface area contributed by atoms with Crippen LogP contribution in [0.1, 0.15) is 21.0 Å². The molecule has 0 aliphatic rings. The SMILES string of the molecule is O=C(O)c1[nH]ncc1O.O=C(O)c1[nH]ncc1O.[Mn]. The fraction of sp³-hybridized carbons (Fsp3) is 0. The maximum absolute atomic E-state index is 10.1. The third-order valence-corrected chi connectivity index (χ3v) is 1.67. The normalized spacial score (nSPS) is 8.84. The van der Waals surface area contributed by atoms with Crippen LogP contribution < -0.4 is 0 Å². The second kappa shape index (κ2) is 7.03. The van der Waals surface area contributed by atoms with Crippen LogP contribution in [-0.4, -0.2) is 52.8 Å². The number of nitrogens with zero attached hydrogens (tertiary/aromatic N) is 2. The summed E-state index contributed by atoms with van der Waals surface area (Å²) in [5.41, 5.74) is -0.565. The van der Waals surface area contributed by atoms with E-state index in [0.29, 0.717) is 0 Å². The molecule has 2 rings (SSSR count). The van der Waals surface area contributed by atoms with Crippen molar-refractivity contribution in [1.29, 1.82) is 0 Å². The van der Waals surface area contributed by atoms with Gasteiger partial charge in [-0.25, -0.2) is 9.59 Å². The van der Waals surface area contributed by atoms with Gasteiger partial charge in [0.25, 0.3) is 0 Å². The van der Waals surface area contributed by atoms with E-state index < -0.39 is 11.9 Å². The smallest absolute Gasteiger partial charge is 0.357 e. The number of aromatic amines is 2. The summed E-state index contributed by atoms with van der Waals surface area (Å²) in [7, 11) is 0. The molecule has 1 radical (unpaired) electrons. The van der Waals surface area contributed by atoms with E-state index in [-0.39, 0.29) is 40.0 Å². The number of rotatable bonds is 2. The van der Waals surface area contributed by atoms with Crippen LogP contribution in [0, 0.1) is 0 Å². The molecule has 10 nitrogen and oxygen atoms in total. The number of carbonyl (C=O) groups is 2. The molecule has 6 N–H and O–H groups in total. The number of aromatic carboxylic acids is 2. The first-order valence-electron chi connectivity index (χ1n) is 4.34. The van der Waals surface area contributed by atoms with Gasteiger partial charge < -0.3 is 20.4 Å². The molecule has 19 heavy (non-hydrogen) atoms. The number of carboxylic acid groups (broad SMARTS) is 2. The largest absolute Gasteiger partial charge is 0.504 e. The Morgan fingerprint density at radius 3 is 1.32 bits per heavy atom. The van der Waals surface area contributed by atoms with Crippen molar-refractivity contribution in [3.05, 3.63) is 23.8 Å². The van der Waals surface area contributed by atoms with Crippen molar-refractivity contribution in [2.24, 2.45) is 0 Å². The molecule has 0 atom stereocenters. The van der Waals surface area contributed by atoms with Gasteiger partial charge in [-0.2, -0.15) is 10.2 Å². The molecule has 0 saturated carbocycles. The van der Waals surface area contributed by atoms with E-state index in [1.165, 1.54) is 0 Å². The molecular weight excluding hydrogens is 303 g/mol. The van der Waals surface area contributed by atoms with E-state index in [1.807, 2.05) is 0 Å². The van der Waals surface area contributed by atoms with Crippen LogP contribution in [0.5, 0.6) is 11.5 Å². The van der Waals surface area contributed by atoms with Crippen molar-refractivity contribution in [2.45, 2.75) is 0 Å². The van der Waals surface area contributed by atoms with Crippen molar-refractivity contribution in [1.82, 2.24) is 20.4 Å². The fourth-order valence-electron chi connectivity index (χ4n) is 0.874. The predicted molar refractivity (Wildman–Crippen MR) is 54.4 cm³/mol. The van der Waals surface area contributed by atoms with Crippen molar-refractivity contribution >= 4 is 11.9 Å². The summed E-state index contributed by atoms with van der Waals surface area (Å²) in [6, 6.07) is 0. The second-order valence-electron chi connectivity index (χ2n) is 2.87. The molecule has 0 fully saturated rings. The summed E-state index contributed by atoms with van der Waals surface area (Å²) < 4.78 is 0. The molecule has 0 spiro atoms. The Morgan fingerprint density at radius 2 is 1.21 bits per heavy atom. The van der Waals surface area contributed by atoms with E-state index in [1.54, 1.807) is 0 Å². The summed E-state index contributed by atoms with van der Waals surface area (Å²) in [6.07, 6.45) is 2.06. The zero-order valence-electron chi connectivity index (χ0n) is 9.03.